The number of anilines is 2. The van der Waals surface area contributed by atoms with E-state index in [2.05, 4.69) is 15.3 Å². The lowest BCUT2D eigenvalue weighted by molar-refractivity contribution is -0.137. The molecule has 0 saturated heterocycles. The third-order valence-corrected chi connectivity index (χ3v) is 5.86. The first-order valence-electron chi connectivity index (χ1n) is 12.1. The van der Waals surface area contributed by atoms with Crippen LogP contribution in [0.25, 0.3) is 0 Å². The molecule has 0 aliphatic rings. The number of aliphatic imine (C=N–C) groups is 1. The van der Waals surface area contributed by atoms with Crippen LogP contribution < -0.4 is 16.0 Å². The maximum Gasteiger partial charge on any atom is 0.416 e. The fourth-order valence-electron chi connectivity index (χ4n) is 3.58. The van der Waals surface area contributed by atoms with Gasteiger partial charge in [0, 0.05) is 42.9 Å². The van der Waals surface area contributed by atoms with Crippen LogP contribution in [0.5, 0.6) is 0 Å². The Bertz CT molecular complexity index is 1430. The van der Waals surface area contributed by atoms with E-state index in [0.717, 1.165) is 26.0 Å². The zero-order valence-corrected chi connectivity index (χ0v) is 22.2. The molecule has 2 aromatic carbocycles. The van der Waals surface area contributed by atoms with Gasteiger partial charge in [0.2, 0.25) is 0 Å². The van der Waals surface area contributed by atoms with E-state index in [4.69, 9.17) is 5.73 Å². The molecule has 212 valence electrons. The average Bonchev–Trinajstić information content (AvgIpc) is 2.89. The molecule has 40 heavy (non-hydrogen) atoms. The Kier molecular flexibility index (Phi) is 8.91. The summed E-state index contributed by atoms with van der Waals surface area (Å²) >= 11 is 0. The van der Waals surface area contributed by atoms with Crippen molar-refractivity contribution in [2.75, 3.05) is 17.7 Å². The number of aromatic nitrogens is 1. The van der Waals surface area contributed by atoms with Crippen molar-refractivity contribution < 1.29 is 31.5 Å². The number of alkyl halides is 5. The van der Waals surface area contributed by atoms with Gasteiger partial charge in [0.1, 0.15) is 6.17 Å². The molecule has 0 fully saturated rings. The van der Waals surface area contributed by atoms with Gasteiger partial charge in [-0.2, -0.15) is 13.2 Å². The number of halogens is 5. The van der Waals surface area contributed by atoms with Gasteiger partial charge in [0.25, 0.3) is 11.8 Å². The Balaban J connectivity index is 1.89. The van der Waals surface area contributed by atoms with Crippen LogP contribution in [0.4, 0.5) is 39.0 Å². The molecule has 12 heteroatoms. The first kappa shape index (κ1) is 30.2. The van der Waals surface area contributed by atoms with Gasteiger partial charge in [-0.1, -0.05) is 6.07 Å². The van der Waals surface area contributed by atoms with E-state index in [-0.39, 0.29) is 29.2 Å². The third kappa shape index (κ3) is 7.39. The van der Waals surface area contributed by atoms with E-state index in [1.807, 2.05) is 0 Å². The molecule has 1 heterocycles. The Morgan fingerprint density at radius 3 is 2.45 bits per heavy atom. The van der Waals surface area contributed by atoms with E-state index in [0.29, 0.717) is 16.8 Å². The number of nitrogen functional groups attached to an aromatic ring is 1. The SMILES string of the molecule is CC(F)c1ncc(CNC(=O)C(C)(C)F)cc1C(=O)N(C)c1ccc(N)c(C=Nc2cccc(C(F)(F)F)c2)c1. The number of carbonyl (C=O) groups excluding carboxylic acids is 2. The van der Waals surface area contributed by atoms with Crippen LogP contribution in [0.15, 0.2) is 59.7 Å². The van der Waals surface area contributed by atoms with Gasteiger partial charge in [-0.25, -0.2) is 8.78 Å². The largest absolute Gasteiger partial charge is 0.416 e. The summed E-state index contributed by atoms with van der Waals surface area (Å²) in [5, 5.41) is 2.40. The first-order valence-corrected chi connectivity index (χ1v) is 12.1. The number of pyridine rings is 1. The molecular formula is C28H28F5N5O2. The minimum absolute atomic E-state index is 0.0526. The van der Waals surface area contributed by atoms with Crippen LogP contribution in [0, 0.1) is 0 Å². The predicted molar refractivity (Wildman–Crippen MR) is 143 cm³/mol. The van der Waals surface area contributed by atoms with Crippen LogP contribution in [0.1, 0.15) is 59.7 Å². The molecule has 0 spiro atoms. The van der Waals surface area contributed by atoms with Gasteiger partial charge in [0.15, 0.2) is 5.67 Å². The number of hydrogen-bond donors (Lipinski definition) is 2. The van der Waals surface area contributed by atoms with Gasteiger partial charge in [-0.15, -0.1) is 0 Å². The minimum atomic E-state index is -4.52. The number of nitrogens with zero attached hydrogens (tertiary/aromatic N) is 3. The van der Waals surface area contributed by atoms with E-state index in [1.165, 1.54) is 67.7 Å². The summed E-state index contributed by atoms with van der Waals surface area (Å²) in [6.45, 7) is 3.28. The van der Waals surface area contributed by atoms with Crippen LogP contribution in [-0.2, 0) is 17.5 Å². The second-order valence-corrected chi connectivity index (χ2v) is 9.53. The smallest absolute Gasteiger partial charge is 0.398 e. The summed E-state index contributed by atoms with van der Waals surface area (Å²) in [6.07, 6.45) is -3.55. The first-order chi connectivity index (χ1) is 18.6. The fourth-order valence-corrected chi connectivity index (χ4v) is 3.58. The average molecular weight is 562 g/mol. The van der Waals surface area contributed by atoms with Crippen molar-refractivity contribution in [1.82, 2.24) is 10.3 Å². The number of nitrogens with one attached hydrogen (secondary N) is 1. The van der Waals surface area contributed by atoms with Gasteiger partial charge in [-0.3, -0.25) is 19.6 Å². The highest BCUT2D eigenvalue weighted by molar-refractivity contribution is 6.07. The highest BCUT2D eigenvalue weighted by atomic mass is 19.4. The minimum Gasteiger partial charge on any atom is -0.398 e. The maximum atomic E-state index is 14.3. The summed E-state index contributed by atoms with van der Waals surface area (Å²) in [7, 11) is 1.44. The number of hydrogen-bond acceptors (Lipinski definition) is 5. The van der Waals surface area contributed by atoms with Crippen molar-refractivity contribution in [3.8, 4) is 0 Å². The molecule has 0 bridgehead atoms. The monoisotopic (exact) mass is 561 g/mol. The Labute approximate surface area is 227 Å². The lowest BCUT2D eigenvalue weighted by Gasteiger charge is -2.21. The summed E-state index contributed by atoms with van der Waals surface area (Å²) in [6, 6.07) is 10.4. The maximum absolute atomic E-state index is 14.3. The van der Waals surface area contributed by atoms with E-state index >= 15 is 0 Å². The zero-order valence-electron chi connectivity index (χ0n) is 22.2. The standard InChI is InChI=1S/C28H28F5N5O2/c1-16(29)24-22(10-17(13-36-24)14-37-26(40)27(2,3)30)25(39)38(4)21-8-9-23(34)18(11-21)15-35-20-7-5-6-19(12-20)28(31,32)33/h5-13,15-16H,14,34H2,1-4H3,(H,37,40). The molecule has 1 aromatic heterocycles. The molecule has 3 rings (SSSR count). The predicted octanol–water partition coefficient (Wildman–Crippen LogP) is 6.10. The van der Waals surface area contributed by atoms with Crippen molar-refractivity contribution in [1.29, 1.82) is 0 Å². The highest BCUT2D eigenvalue weighted by Crippen LogP contribution is 2.31. The van der Waals surface area contributed by atoms with Crippen molar-refractivity contribution in [2.45, 2.75) is 45.3 Å². The molecule has 0 radical (unpaired) electrons. The molecule has 3 aromatic rings. The van der Waals surface area contributed by atoms with Crippen LogP contribution in [-0.4, -0.2) is 35.7 Å². The summed E-state index contributed by atoms with van der Waals surface area (Å²) < 4.78 is 67.2. The van der Waals surface area contributed by atoms with Gasteiger partial charge >= 0.3 is 6.18 Å². The molecule has 7 nitrogen and oxygen atoms in total. The molecule has 3 N–H and O–H groups in total. The molecule has 1 unspecified atom stereocenters. The molecule has 1 atom stereocenters. The van der Waals surface area contributed by atoms with Gasteiger partial charge in [-0.05, 0) is 68.8 Å². The van der Waals surface area contributed by atoms with E-state index in [9.17, 15) is 31.5 Å². The molecule has 0 saturated carbocycles. The van der Waals surface area contributed by atoms with Crippen LogP contribution in [0.3, 0.4) is 0 Å². The Morgan fingerprint density at radius 2 is 1.82 bits per heavy atom. The second kappa shape index (κ2) is 11.8. The number of nitrogens with two attached hydrogens (primary N) is 1. The van der Waals surface area contributed by atoms with E-state index < -0.39 is 35.4 Å². The summed E-state index contributed by atoms with van der Waals surface area (Å²) in [5.74, 6) is -1.49. The quantitative estimate of drug-likeness (QED) is 0.197. The normalized spacial score (nSPS) is 12.8. The van der Waals surface area contributed by atoms with Crippen molar-refractivity contribution in [3.63, 3.8) is 0 Å². The summed E-state index contributed by atoms with van der Waals surface area (Å²) in [4.78, 5) is 34.7. The number of amides is 2. The topological polar surface area (TPSA) is 101 Å². The molecule has 0 aliphatic heterocycles. The number of carbonyl (C=O) groups is 2. The zero-order chi connectivity index (χ0) is 29.8. The number of rotatable bonds is 8. The van der Waals surface area contributed by atoms with E-state index in [1.54, 1.807) is 0 Å². The van der Waals surface area contributed by atoms with Crippen LogP contribution in [0.2, 0.25) is 0 Å². The Hall–Kier alpha value is -4.35. The molecular weight excluding hydrogens is 533 g/mol. The van der Waals surface area contributed by atoms with Crippen molar-refractivity contribution in [2.24, 2.45) is 4.99 Å². The van der Waals surface area contributed by atoms with Gasteiger partial charge < -0.3 is 16.0 Å². The Morgan fingerprint density at radius 1 is 1.12 bits per heavy atom. The third-order valence-electron chi connectivity index (χ3n) is 5.86. The van der Waals surface area contributed by atoms with Crippen molar-refractivity contribution >= 4 is 35.1 Å². The molecule has 0 aliphatic carbocycles. The second-order valence-electron chi connectivity index (χ2n) is 9.53. The lowest BCUT2D eigenvalue weighted by atomic mass is 10.1. The highest BCUT2D eigenvalue weighted by Gasteiger charge is 2.30. The fraction of sp³-hybridized carbons (Fsp3) is 0.286. The van der Waals surface area contributed by atoms with Crippen LogP contribution >= 0.6 is 0 Å². The van der Waals surface area contributed by atoms with Crippen molar-refractivity contribution in [3.05, 3.63) is 82.7 Å². The number of benzene rings is 2. The summed E-state index contributed by atoms with van der Waals surface area (Å²) in [5.41, 5.74) is 4.18. The molecule has 2 amide bonds. The van der Waals surface area contributed by atoms with Gasteiger partial charge in [0.05, 0.1) is 22.5 Å². The lowest BCUT2D eigenvalue weighted by Crippen LogP contribution is -2.38.